The minimum Gasteiger partial charge on any atom is -0.411 e. The summed E-state index contributed by atoms with van der Waals surface area (Å²) in [4.78, 5) is 22.9. The van der Waals surface area contributed by atoms with Gasteiger partial charge in [-0.25, -0.2) is 4.79 Å². The molecule has 2 aromatic heterocycles. The van der Waals surface area contributed by atoms with Gasteiger partial charge in [0.25, 0.3) is 0 Å². The van der Waals surface area contributed by atoms with E-state index in [0.717, 1.165) is 11.3 Å². The molecule has 2 heterocycles. The smallest absolute Gasteiger partial charge is 0.365 e. The first kappa shape index (κ1) is 16.3. The van der Waals surface area contributed by atoms with Crippen molar-refractivity contribution < 1.29 is 14.5 Å². The zero-order valence-corrected chi connectivity index (χ0v) is 13.4. The first-order valence-corrected chi connectivity index (χ1v) is 7.48. The van der Waals surface area contributed by atoms with Gasteiger partial charge in [-0.15, -0.1) is 0 Å². The molecule has 8 heteroatoms. The van der Waals surface area contributed by atoms with Crippen molar-refractivity contribution in [3.05, 3.63) is 64.9 Å². The normalized spacial score (nSPS) is 11.1. The molecule has 25 heavy (non-hydrogen) atoms. The molecule has 0 bridgehead atoms. The van der Waals surface area contributed by atoms with Crippen LogP contribution in [0.1, 0.15) is 12.5 Å². The molecule has 0 fully saturated rings. The van der Waals surface area contributed by atoms with Gasteiger partial charge in [0, 0.05) is 30.6 Å². The molecule has 3 rings (SSSR count). The van der Waals surface area contributed by atoms with Crippen LogP contribution in [0.3, 0.4) is 0 Å². The van der Waals surface area contributed by atoms with Gasteiger partial charge in [0.1, 0.15) is 6.67 Å². The number of aromatic nitrogens is 2. The Balaban J connectivity index is 1.82. The molecule has 8 nitrogen and oxygen atoms in total. The van der Waals surface area contributed by atoms with Gasteiger partial charge in [-0.05, 0) is 23.8 Å². The number of carbonyl (C=O) groups is 1. The van der Waals surface area contributed by atoms with Crippen LogP contribution in [0.5, 0.6) is 0 Å². The molecule has 0 spiro atoms. The lowest BCUT2D eigenvalue weighted by atomic mass is 10.1. The van der Waals surface area contributed by atoms with Crippen LogP contribution in [0, 0.1) is 0 Å². The molecule has 0 saturated heterocycles. The van der Waals surface area contributed by atoms with Gasteiger partial charge in [0.15, 0.2) is 0 Å². The molecule has 1 amide bonds. The number of nitrogens with zero attached hydrogens (tertiary/aromatic N) is 3. The predicted molar refractivity (Wildman–Crippen MR) is 90.9 cm³/mol. The second kappa shape index (κ2) is 6.91. The number of oxime groups is 1. The summed E-state index contributed by atoms with van der Waals surface area (Å²) in [6.07, 6.45) is 6.55. The number of carbonyl (C=O) groups excluding carboxylic acids is 1. The minimum absolute atomic E-state index is 0.0984. The Morgan fingerprint density at radius 3 is 2.72 bits per heavy atom. The highest BCUT2D eigenvalue weighted by Crippen LogP contribution is 2.19. The monoisotopic (exact) mass is 340 g/mol. The van der Waals surface area contributed by atoms with Crippen molar-refractivity contribution in [3.8, 4) is 16.8 Å². The topological polar surface area (TPSA) is 102 Å². The fourth-order valence-electron chi connectivity index (χ4n) is 2.37. The van der Waals surface area contributed by atoms with E-state index in [-0.39, 0.29) is 12.6 Å². The first-order valence-electron chi connectivity index (χ1n) is 7.48. The Hall–Kier alpha value is -3.55. The van der Waals surface area contributed by atoms with E-state index in [1.807, 2.05) is 47.3 Å². The van der Waals surface area contributed by atoms with E-state index in [4.69, 9.17) is 9.73 Å². The van der Waals surface area contributed by atoms with Gasteiger partial charge in [0.05, 0.1) is 18.0 Å². The van der Waals surface area contributed by atoms with Gasteiger partial charge >= 0.3 is 5.63 Å². The number of benzene rings is 1. The van der Waals surface area contributed by atoms with Crippen molar-refractivity contribution in [1.82, 2.24) is 14.6 Å². The largest absolute Gasteiger partial charge is 0.411 e. The van der Waals surface area contributed by atoms with Crippen molar-refractivity contribution in [2.24, 2.45) is 5.16 Å². The van der Waals surface area contributed by atoms with E-state index in [9.17, 15) is 9.59 Å². The maximum Gasteiger partial charge on any atom is 0.365 e. The zero-order chi connectivity index (χ0) is 17.8. The second-order valence-electron chi connectivity index (χ2n) is 5.37. The molecule has 0 atom stereocenters. The minimum atomic E-state index is -0.472. The Labute approximate surface area is 142 Å². The van der Waals surface area contributed by atoms with Crippen molar-refractivity contribution in [2.45, 2.75) is 13.6 Å². The number of nitrogens with one attached hydrogen (secondary N) is 1. The van der Waals surface area contributed by atoms with Crippen LogP contribution in [0.2, 0.25) is 0 Å². The lowest BCUT2D eigenvalue weighted by Gasteiger charge is -2.03. The molecule has 128 valence electrons. The van der Waals surface area contributed by atoms with Crippen LogP contribution in [0.25, 0.3) is 16.8 Å². The van der Waals surface area contributed by atoms with Gasteiger partial charge in [0.2, 0.25) is 5.91 Å². The number of amides is 1. The van der Waals surface area contributed by atoms with Crippen LogP contribution < -0.4 is 10.9 Å². The van der Waals surface area contributed by atoms with Gasteiger partial charge in [-0.1, -0.05) is 17.3 Å². The van der Waals surface area contributed by atoms with Crippen molar-refractivity contribution in [3.63, 3.8) is 0 Å². The summed E-state index contributed by atoms with van der Waals surface area (Å²) in [5.74, 6) is -0.209. The van der Waals surface area contributed by atoms with E-state index < -0.39 is 5.63 Å². The predicted octanol–water partition coefficient (Wildman–Crippen LogP) is 1.80. The van der Waals surface area contributed by atoms with Gasteiger partial charge in [-0.2, -0.15) is 4.74 Å². The van der Waals surface area contributed by atoms with E-state index in [2.05, 4.69) is 10.5 Å². The Morgan fingerprint density at radius 1 is 1.28 bits per heavy atom. The maximum absolute atomic E-state index is 12.0. The molecule has 0 saturated carbocycles. The second-order valence-corrected chi connectivity index (χ2v) is 5.37. The Kier molecular flexibility index (Phi) is 4.51. The Bertz CT molecular complexity index is 963. The third kappa shape index (κ3) is 3.69. The highest BCUT2D eigenvalue weighted by Gasteiger charge is 2.10. The van der Waals surface area contributed by atoms with E-state index in [0.29, 0.717) is 11.1 Å². The summed E-state index contributed by atoms with van der Waals surface area (Å²) in [7, 11) is 0. The highest BCUT2D eigenvalue weighted by molar-refractivity contribution is 5.79. The third-order valence-corrected chi connectivity index (χ3v) is 3.58. The van der Waals surface area contributed by atoms with E-state index >= 15 is 0 Å². The van der Waals surface area contributed by atoms with Crippen LogP contribution in [0.4, 0.5) is 0 Å². The standard InChI is InChI=1S/C17H16N4O4/c1-12(22)18-11-21-10-16(17(23)25-21)14-2-4-15(5-3-14)20-7-6-13(9-20)8-19-24/h2-10,24H,11H2,1H3,(H,18,22). The summed E-state index contributed by atoms with van der Waals surface area (Å²) in [6.45, 7) is 1.49. The third-order valence-electron chi connectivity index (χ3n) is 3.58. The maximum atomic E-state index is 12.0. The molecule has 0 unspecified atom stereocenters. The van der Waals surface area contributed by atoms with Crippen LogP contribution in [-0.4, -0.2) is 26.6 Å². The van der Waals surface area contributed by atoms with Crippen LogP contribution in [-0.2, 0) is 11.5 Å². The summed E-state index contributed by atoms with van der Waals surface area (Å²) in [5.41, 5.74) is 2.31. The molecule has 2 N–H and O–H groups in total. The van der Waals surface area contributed by atoms with Crippen molar-refractivity contribution in [1.29, 1.82) is 0 Å². The summed E-state index contributed by atoms with van der Waals surface area (Å²) >= 11 is 0. The fourth-order valence-corrected chi connectivity index (χ4v) is 2.37. The molecule has 3 aromatic rings. The average Bonchev–Trinajstić information content (AvgIpc) is 3.20. The van der Waals surface area contributed by atoms with Crippen LogP contribution >= 0.6 is 0 Å². The molecular weight excluding hydrogens is 324 g/mol. The van der Waals surface area contributed by atoms with Crippen molar-refractivity contribution >= 4 is 12.1 Å². The van der Waals surface area contributed by atoms with Gasteiger partial charge < -0.3 is 19.6 Å². The molecular formula is C17H16N4O4. The molecule has 0 aliphatic heterocycles. The van der Waals surface area contributed by atoms with E-state index in [1.54, 1.807) is 6.20 Å². The molecule has 0 radical (unpaired) electrons. The van der Waals surface area contributed by atoms with Gasteiger partial charge in [-0.3, -0.25) is 4.79 Å². The summed E-state index contributed by atoms with van der Waals surface area (Å²) in [6, 6.07) is 9.15. The quantitative estimate of drug-likeness (QED) is 0.420. The van der Waals surface area contributed by atoms with Crippen molar-refractivity contribution in [2.75, 3.05) is 0 Å². The Morgan fingerprint density at radius 2 is 2.04 bits per heavy atom. The number of hydrogen-bond donors (Lipinski definition) is 2. The summed E-state index contributed by atoms with van der Waals surface area (Å²) in [5, 5.41) is 14.1. The van der Waals surface area contributed by atoms with Crippen LogP contribution in [0.15, 0.2) is 63.4 Å². The molecule has 1 aromatic carbocycles. The number of hydrogen-bond acceptors (Lipinski definition) is 5. The zero-order valence-electron chi connectivity index (χ0n) is 13.4. The number of rotatable bonds is 5. The lowest BCUT2D eigenvalue weighted by molar-refractivity contribution is -0.119. The molecule has 0 aliphatic carbocycles. The first-order chi connectivity index (χ1) is 12.1. The fraction of sp³-hybridized carbons (Fsp3) is 0.118. The highest BCUT2D eigenvalue weighted by atomic mass is 16.5. The summed E-state index contributed by atoms with van der Waals surface area (Å²) < 4.78 is 8.21. The lowest BCUT2D eigenvalue weighted by Crippen LogP contribution is -2.22. The SMILES string of the molecule is CC(=O)NCn1cc(-c2ccc(-n3ccc(C=NO)c3)cc2)c(=O)o1. The molecule has 0 aliphatic rings. The van der Waals surface area contributed by atoms with E-state index in [1.165, 1.54) is 17.9 Å². The average molecular weight is 340 g/mol.